The average Bonchev–Trinajstić information content (AvgIpc) is 2.44. The summed E-state index contributed by atoms with van der Waals surface area (Å²) >= 11 is 6.83. The molecule has 1 N–H and O–H groups in total. The fourth-order valence-electron chi connectivity index (χ4n) is 0.875. The van der Waals surface area contributed by atoms with E-state index in [0.717, 1.165) is 11.3 Å². The van der Waals surface area contributed by atoms with E-state index >= 15 is 0 Å². The largest absolute Gasteiger partial charge is 0.465 e. The van der Waals surface area contributed by atoms with Gasteiger partial charge in [-0.3, -0.25) is 4.79 Å². The lowest BCUT2D eigenvalue weighted by Crippen LogP contribution is -2.09. The molecular weight excluding hydrogens is 226 g/mol. The first-order chi connectivity index (χ1) is 6.54. The number of thiophene rings is 1. The molecule has 0 atom stereocenters. The van der Waals surface area contributed by atoms with Crippen LogP contribution >= 0.6 is 22.9 Å². The minimum absolute atomic E-state index is 0.256. The number of amides is 1. The smallest absolute Gasteiger partial charge is 0.340 e. The molecule has 6 heteroatoms. The van der Waals surface area contributed by atoms with E-state index in [9.17, 15) is 9.59 Å². The fourth-order valence-corrected chi connectivity index (χ4v) is 2.03. The van der Waals surface area contributed by atoms with E-state index in [2.05, 4.69) is 10.1 Å². The number of nitrogens with one attached hydrogen (secondary N) is 1. The van der Waals surface area contributed by atoms with Gasteiger partial charge in [0.2, 0.25) is 5.91 Å². The lowest BCUT2D eigenvalue weighted by atomic mass is 10.3. The first-order valence-corrected chi connectivity index (χ1v) is 4.89. The van der Waals surface area contributed by atoms with Crippen molar-refractivity contribution in [2.45, 2.75) is 6.92 Å². The molecule has 0 aliphatic carbocycles. The summed E-state index contributed by atoms with van der Waals surface area (Å²) in [5.74, 6) is -0.773. The molecule has 0 bridgehead atoms. The summed E-state index contributed by atoms with van der Waals surface area (Å²) in [5, 5.41) is 2.92. The maximum absolute atomic E-state index is 11.2. The highest BCUT2D eigenvalue weighted by atomic mass is 35.5. The summed E-state index contributed by atoms with van der Waals surface area (Å²) in [7, 11) is 1.27. The zero-order chi connectivity index (χ0) is 10.7. The predicted octanol–water partition coefficient (Wildman–Crippen LogP) is 2.15. The molecule has 0 aromatic carbocycles. The van der Waals surface area contributed by atoms with Crippen LogP contribution in [0.5, 0.6) is 0 Å². The van der Waals surface area contributed by atoms with Gasteiger partial charge in [0.15, 0.2) is 0 Å². The van der Waals surface area contributed by atoms with Crippen LogP contribution in [0, 0.1) is 0 Å². The number of methoxy groups -OCH3 is 1. The molecule has 0 aliphatic rings. The Bertz CT molecular complexity index is 375. The number of carbonyl (C=O) groups is 2. The number of hydrogen-bond acceptors (Lipinski definition) is 4. The van der Waals surface area contributed by atoms with E-state index < -0.39 is 5.97 Å². The van der Waals surface area contributed by atoms with Crippen LogP contribution < -0.4 is 5.32 Å². The second-order valence-electron chi connectivity index (χ2n) is 2.47. The Morgan fingerprint density at radius 1 is 1.57 bits per heavy atom. The quantitative estimate of drug-likeness (QED) is 0.797. The maximum atomic E-state index is 11.2. The number of rotatable bonds is 2. The van der Waals surface area contributed by atoms with Gasteiger partial charge >= 0.3 is 5.97 Å². The zero-order valence-electron chi connectivity index (χ0n) is 7.59. The van der Waals surface area contributed by atoms with Crippen molar-refractivity contribution in [3.63, 3.8) is 0 Å². The number of anilines is 1. The molecule has 4 nitrogen and oxygen atoms in total. The normalized spacial score (nSPS) is 9.64. The topological polar surface area (TPSA) is 55.4 Å². The Hall–Kier alpha value is -1.07. The van der Waals surface area contributed by atoms with Gasteiger partial charge in [0, 0.05) is 6.92 Å². The summed E-state index contributed by atoms with van der Waals surface area (Å²) in [6, 6.07) is 1.46. The van der Waals surface area contributed by atoms with Crippen LogP contribution in [0.1, 0.15) is 17.3 Å². The van der Waals surface area contributed by atoms with Crippen molar-refractivity contribution in [2.75, 3.05) is 12.4 Å². The highest BCUT2D eigenvalue weighted by Crippen LogP contribution is 2.32. The predicted molar refractivity (Wildman–Crippen MR) is 55.0 cm³/mol. The lowest BCUT2D eigenvalue weighted by Gasteiger charge is -2.01. The Balaban J connectivity index is 3.02. The fraction of sp³-hybridized carbons (Fsp3) is 0.250. The Morgan fingerprint density at radius 3 is 2.71 bits per heavy atom. The molecule has 1 heterocycles. The second-order valence-corrected chi connectivity index (χ2v) is 4.15. The van der Waals surface area contributed by atoms with Crippen molar-refractivity contribution < 1.29 is 14.3 Å². The summed E-state index contributed by atoms with van der Waals surface area (Å²) in [6.07, 6.45) is 0. The van der Waals surface area contributed by atoms with E-state index in [4.69, 9.17) is 11.6 Å². The van der Waals surface area contributed by atoms with Crippen molar-refractivity contribution in [3.05, 3.63) is 16.0 Å². The van der Waals surface area contributed by atoms with Gasteiger partial charge < -0.3 is 10.1 Å². The van der Waals surface area contributed by atoms with Gasteiger partial charge in [0.1, 0.15) is 5.00 Å². The highest BCUT2D eigenvalue weighted by molar-refractivity contribution is 7.20. The molecule has 0 saturated heterocycles. The van der Waals surface area contributed by atoms with Crippen molar-refractivity contribution in [2.24, 2.45) is 0 Å². The van der Waals surface area contributed by atoms with Crippen LogP contribution in [0.15, 0.2) is 6.07 Å². The summed E-state index contributed by atoms with van der Waals surface area (Å²) in [4.78, 5) is 22.0. The minimum Gasteiger partial charge on any atom is -0.465 e. The number of halogens is 1. The summed E-state index contributed by atoms with van der Waals surface area (Å²) < 4.78 is 4.95. The molecule has 14 heavy (non-hydrogen) atoms. The Kier molecular flexibility index (Phi) is 3.49. The monoisotopic (exact) mass is 233 g/mol. The minimum atomic E-state index is -0.517. The zero-order valence-corrected chi connectivity index (χ0v) is 9.16. The number of hydrogen-bond donors (Lipinski definition) is 1. The van der Waals surface area contributed by atoms with Crippen LogP contribution in [-0.4, -0.2) is 19.0 Å². The van der Waals surface area contributed by atoms with Gasteiger partial charge in [-0.25, -0.2) is 4.79 Å². The van der Waals surface area contributed by atoms with Gasteiger partial charge in [-0.2, -0.15) is 0 Å². The van der Waals surface area contributed by atoms with E-state index in [1.54, 1.807) is 0 Å². The first kappa shape index (κ1) is 11.0. The standard InChI is InChI=1S/C8H8ClNO3S/c1-4(11)10-7-5(8(12)13-2)3-6(9)14-7/h3H,1-2H3,(H,10,11). The van der Waals surface area contributed by atoms with Crippen molar-refractivity contribution >= 4 is 39.8 Å². The van der Waals surface area contributed by atoms with Gasteiger partial charge in [-0.15, -0.1) is 11.3 Å². The molecule has 0 fully saturated rings. The lowest BCUT2D eigenvalue weighted by molar-refractivity contribution is -0.114. The maximum Gasteiger partial charge on any atom is 0.340 e. The third-order valence-electron chi connectivity index (χ3n) is 1.40. The van der Waals surface area contributed by atoms with Gasteiger partial charge in [-0.05, 0) is 6.07 Å². The van der Waals surface area contributed by atoms with Gasteiger partial charge in [-0.1, -0.05) is 11.6 Å². The Labute approximate surface area is 89.8 Å². The SMILES string of the molecule is COC(=O)c1cc(Cl)sc1NC(C)=O. The van der Waals surface area contributed by atoms with Crippen molar-refractivity contribution in [1.29, 1.82) is 0 Å². The highest BCUT2D eigenvalue weighted by Gasteiger charge is 2.16. The molecular formula is C8H8ClNO3S. The summed E-state index contributed by atoms with van der Waals surface area (Å²) in [5.41, 5.74) is 0.276. The molecule has 0 saturated carbocycles. The third kappa shape index (κ3) is 2.46. The Morgan fingerprint density at radius 2 is 2.21 bits per heavy atom. The number of ether oxygens (including phenoxy) is 1. The first-order valence-electron chi connectivity index (χ1n) is 3.70. The molecule has 1 aromatic heterocycles. The molecule has 0 radical (unpaired) electrons. The van der Waals surface area contributed by atoms with Gasteiger partial charge in [0.25, 0.3) is 0 Å². The van der Waals surface area contributed by atoms with Crippen molar-refractivity contribution in [1.82, 2.24) is 0 Å². The summed E-state index contributed by atoms with van der Waals surface area (Å²) in [6.45, 7) is 1.36. The molecule has 76 valence electrons. The van der Waals surface area contributed by atoms with Crippen LogP contribution in [0.2, 0.25) is 4.34 Å². The van der Waals surface area contributed by atoms with E-state index in [0.29, 0.717) is 9.34 Å². The van der Waals surface area contributed by atoms with Crippen molar-refractivity contribution in [3.8, 4) is 0 Å². The van der Waals surface area contributed by atoms with Crippen LogP contribution in [0.4, 0.5) is 5.00 Å². The molecule has 1 aromatic rings. The second kappa shape index (κ2) is 4.43. The van der Waals surface area contributed by atoms with E-state index in [1.165, 1.54) is 20.1 Å². The van der Waals surface area contributed by atoms with Crippen LogP contribution in [0.3, 0.4) is 0 Å². The van der Waals surface area contributed by atoms with Crippen LogP contribution in [0.25, 0.3) is 0 Å². The average molecular weight is 234 g/mol. The van der Waals surface area contributed by atoms with E-state index in [1.807, 2.05) is 0 Å². The molecule has 1 rings (SSSR count). The van der Waals surface area contributed by atoms with Crippen LogP contribution in [-0.2, 0) is 9.53 Å². The number of carbonyl (C=O) groups excluding carboxylic acids is 2. The molecule has 0 unspecified atom stereocenters. The molecule has 1 amide bonds. The van der Waals surface area contributed by atoms with Gasteiger partial charge in [0.05, 0.1) is 17.0 Å². The van der Waals surface area contributed by atoms with E-state index in [-0.39, 0.29) is 11.5 Å². The molecule has 0 spiro atoms. The third-order valence-corrected chi connectivity index (χ3v) is 2.58. The molecule has 0 aliphatic heterocycles. The number of esters is 1.